The largest absolute Gasteiger partial charge is 0.487 e. The molecule has 0 saturated heterocycles. The Hall–Kier alpha value is -3.32. The molecule has 0 spiro atoms. The maximum atomic E-state index is 13.7. The normalized spacial score (nSPS) is 16.7. The lowest BCUT2D eigenvalue weighted by atomic mass is 9.89. The van der Waals surface area contributed by atoms with Crippen LogP contribution in [0.3, 0.4) is 0 Å². The predicted molar refractivity (Wildman–Crippen MR) is 138 cm³/mol. The van der Waals surface area contributed by atoms with Gasteiger partial charge in [0.05, 0.1) is 16.6 Å². The number of ether oxygens (including phenoxy) is 1. The van der Waals surface area contributed by atoms with E-state index in [9.17, 15) is 13.2 Å². The van der Waals surface area contributed by atoms with Crippen LogP contribution in [0.1, 0.15) is 48.6 Å². The van der Waals surface area contributed by atoms with Crippen LogP contribution in [0.5, 0.6) is 5.75 Å². The Bertz CT molecular complexity index is 1350. The van der Waals surface area contributed by atoms with E-state index in [0.717, 1.165) is 28.0 Å². The highest BCUT2D eigenvalue weighted by Gasteiger charge is 2.36. The van der Waals surface area contributed by atoms with Gasteiger partial charge in [-0.15, -0.1) is 0 Å². The molecule has 0 aromatic heterocycles. The predicted octanol–water partition coefficient (Wildman–Crippen LogP) is 5.23. The van der Waals surface area contributed by atoms with Crippen molar-refractivity contribution in [1.29, 1.82) is 0 Å². The second-order valence-electron chi connectivity index (χ2n) is 9.77. The zero-order chi connectivity index (χ0) is 25.4. The molecule has 3 aromatic carbocycles. The maximum Gasteiger partial charge on any atom is 0.264 e. The number of hydrogen-bond donors (Lipinski definition) is 1. The number of aryl methyl sites for hydroxylation is 2. The van der Waals surface area contributed by atoms with Crippen LogP contribution in [0.2, 0.25) is 0 Å². The average molecular weight is 493 g/mol. The monoisotopic (exact) mass is 492 g/mol. The van der Waals surface area contributed by atoms with Crippen LogP contribution in [0, 0.1) is 20.8 Å². The van der Waals surface area contributed by atoms with E-state index >= 15 is 0 Å². The molecular formula is C28H32N2O4S. The van der Waals surface area contributed by atoms with Gasteiger partial charge in [0.2, 0.25) is 5.91 Å². The Kier molecular flexibility index (Phi) is 6.64. The molecule has 1 aliphatic heterocycles. The van der Waals surface area contributed by atoms with E-state index in [0.29, 0.717) is 12.1 Å². The smallest absolute Gasteiger partial charge is 0.264 e. The molecular weight excluding hydrogens is 460 g/mol. The van der Waals surface area contributed by atoms with Crippen LogP contribution >= 0.6 is 0 Å². The molecule has 184 valence electrons. The Labute approximate surface area is 208 Å². The molecule has 3 aromatic rings. The summed E-state index contributed by atoms with van der Waals surface area (Å²) in [4.78, 5) is 13.5. The summed E-state index contributed by atoms with van der Waals surface area (Å²) in [6.07, 6.45) is 0.573. The number of anilines is 1. The molecule has 1 unspecified atom stereocenters. The van der Waals surface area contributed by atoms with Crippen molar-refractivity contribution in [2.45, 2.75) is 57.6 Å². The summed E-state index contributed by atoms with van der Waals surface area (Å²) in [5.74, 6) is 0.370. The summed E-state index contributed by atoms with van der Waals surface area (Å²) in [6, 6.07) is 19.3. The van der Waals surface area contributed by atoms with Crippen molar-refractivity contribution in [1.82, 2.24) is 5.32 Å². The van der Waals surface area contributed by atoms with Crippen LogP contribution in [0.15, 0.2) is 71.6 Å². The molecule has 4 rings (SSSR count). The highest BCUT2D eigenvalue weighted by atomic mass is 32.2. The second-order valence-corrected chi connectivity index (χ2v) is 11.6. The number of sulfonamides is 1. The molecule has 0 aliphatic carbocycles. The van der Waals surface area contributed by atoms with E-state index in [-0.39, 0.29) is 23.4 Å². The summed E-state index contributed by atoms with van der Waals surface area (Å²) in [5.41, 5.74) is 3.75. The molecule has 0 saturated carbocycles. The molecule has 0 fully saturated rings. The fourth-order valence-corrected chi connectivity index (χ4v) is 5.98. The van der Waals surface area contributed by atoms with Crippen molar-refractivity contribution in [2.75, 3.05) is 10.8 Å². The van der Waals surface area contributed by atoms with Crippen LogP contribution in [-0.4, -0.2) is 26.5 Å². The van der Waals surface area contributed by atoms with E-state index < -0.39 is 15.6 Å². The Morgan fingerprint density at radius 1 is 1.03 bits per heavy atom. The topological polar surface area (TPSA) is 75.7 Å². The molecule has 7 heteroatoms. The maximum absolute atomic E-state index is 13.7. The quantitative estimate of drug-likeness (QED) is 0.512. The van der Waals surface area contributed by atoms with Gasteiger partial charge in [-0.3, -0.25) is 9.10 Å². The minimum absolute atomic E-state index is 0.140. The van der Waals surface area contributed by atoms with Crippen molar-refractivity contribution in [3.63, 3.8) is 0 Å². The van der Waals surface area contributed by atoms with E-state index in [4.69, 9.17) is 4.74 Å². The van der Waals surface area contributed by atoms with Gasteiger partial charge in [-0.25, -0.2) is 8.42 Å². The van der Waals surface area contributed by atoms with E-state index in [1.807, 2.05) is 65.0 Å². The SMILES string of the molecule is Cc1ccc2c(c1)OC(C)(C)CC2NC(=O)CN(c1cccc(C)c1C)S(=O)(=O)c1ccccc1. The molecule has 0 bridgehead atoms. The van der Waals surface area contributed by atoms with Crippen molar-refractivity contribution < 1.29 is 17.9 Å². The van der Waals surface area contributed by atoms with Gasteiger partial charge in [0, 0.05) is 12.0 Å². The summed E-state index contributed by atoms with van der Waals surface area (Å²) in [7, 11) is -3.97. The van der Waals surface area contributed by atoms with E-state index in [1.54, 1.807) is 36.4 Å². The molecule has 1 N–H and O–H groups in total. The zero-order valence-corrected chi connectivity index (χ0v) is 21.6. The lowest BCUT2D eigenvalue weighted by Crippen LogP contribution is -2.45. The Balaban J connectivity index is 1.68. The standard InChI is InChI=1S/C28H32N2O4S/c1-19-14-15-23-24(17-28(4,5)34-26(23)16-19)29-27(31)18-30(25-13-9-10-20(2)21(25)3)35(32,33)22-11-7-6-8-12-22/h6-16,24H,17-18H2,1-5H3,(H,29,31). The van der Waals surface area contributed by atoms with Gasteiger partial charge in [0.1, 0.15) is 17.9 Å². The highest BCUT2D eigenvalue weighted by Crippen LogP contribution is 2.40. The first-order valence-electron chi connectivity index (χ1n) is 11.7. The fraction of sp³-hybridized carbons (Fsp3) is 0.321. The van der Waals surface area contributed by atoms with E-state index in [2.05, 4.69) is 5.32 Å². The number of carbonyl (C=O) groups is 1. The molecule has 1 atom stereocenters. The van der Waals surface area contributed by atoms with Crippen LogP contribution in [0.25, 0.3) is 0 Å². The summed E-state index contributed by atoms with van der Waals surface area (Å²) in [5, 5.41) is 3.08. The van der Waals surface area contributed by atoms with Gasteiger partial charge in [0.25, 0.3) is 10.0 Å². The first kappa shape index (κ1) is 24.8. The van der Waals surface area contributed by atoms with Crippen LogP contribution < -0.4 is 14.4 Å². The van der Waals surface area contributed by atoms with Crippen molar-refractivity contribution in [3.05, 3.63) is 89.0 Å². The second kappa shape index (κ2) is 9.38. The first-order chi connectivity index (χ1) is 16.5. The third-order valence-electron chi connectivity index (χ3n) is 6.42. The Morgan fingerprint density at radius 2 is 1.74 bits per heavy atom. The minimum Gasteiger partial charge on any atom is -0.487 e. The number of fused-ring (bicyclic) bond motifs is 1. The summed E-state index contributed by atoms with van der Waals surface area (Å²) in [6.45, 7) is 9.43. The third-order valence-corrected chi connectivity index (χ3v) is 8.20. The van der Waals surface area contributed by atoms with Gasteiger partial charge < -0.3 is 10.1 Å². The average Bonchev–Trinajstić information content (AvgIpc) is 2.79. The molecule has 1 amide bonds. The summed E-state index contributed by atoms with van der Waals surface area (Å²) >= 11 is 0. The third kappa shape index (κ3) is 5.20. The van der Waals surface area contributed by atoms with Crippen LogP contribution in [0.4, 0.5) is 5.69 Å². The molecule has 6 nitrogen and oxygen atoms in total. The molecule has 1 heterocycles. The van der Waals surface area contributed by atoms with Gasteiger partial charge in [-0.1, -0.05) is 42.5 Å². The first-order valence-corrected chi connectivity index (χ1v) is 13.1. The molecule has 1 aliphatic rings. The number of benzene rings is 3. The fourth-order valence-electron chi connectivity index (χ4n) is 4.48. The zero-order valence-electron chi connectivity index (χ0n) is 20.8. The number of hydrogen-bond acceptors (Lipinski definition) is 4. The van der Waals surface area contributed by atoms with Gasteiger partial charge in [-0.2, -0.15) is 0 Å². The van der Waals surface area contributed by atoms with Gasteiger partial charge in [-0.05, 0) is 75.6 Å². The number of nitrogens with zero attached hydrogens (tertiary/aromatic N) is 1. The number of nitrogens with one attached hydrogen (secondary N) is 1. The van der Waals surface area contributed by atoms with Crippen molar-refractivity contribution >= 4 is 21.6 Å². The molecule has 0 radical (unpaired) electrons. The van der Waals surface area contributed by atoms with E-state index in [1.165, 1.54) is 4.31 Å². The molecule has 35 heavy (non-hydrogen) atoms. The van der Waals surface area contributed by atoms with Gasteiger partial charge >= 0.3 is 0 Å². The number of rotatable bonds is 6. The van der Waals surface area contributed by atoms with Crippen molar-refractivity contribution in [3.8, 4) is 5.75 Å². The minimum atomic E-state index is -3.97. The van der Waals surface area contributed by atoms with Crippen LogP contribution in [-0.2, 0) is 14.8 Å². The number of carbonyl (C=O) groups excluding carboxylic acids is 1. The number of amides is 1. The highest BCUT2D eigenvalue weighted by molar-refractivity contribution is 7.92. The lowest BCUT2D eigenvalue weighted by Gasteiger charge is -2.38. The Morgan fingerprint density at radius 3 is 2.46 bits per heavy atom. The summed E-state index contributed by atoms with van der Waals surface area (Å²) < 4.78 is 34.7. The van der Waals surface area contributed by atoms with Crippen molar-refractivity contribution in [2.24, 2.45) is 0 Å². The van der Waals surface area contributed by atoms with Gasteiger partial charge in [0.15, 0.2) is 0 Å². The lowest BCUT2D eigenvalue weighted by molar-refractivity contribution is -0.120.